The molecule has 3 N–H and O–H groups in total. The molecule has 21 heavy (non-hydrogen) atoms. The van der Waals surface area contributed by atoms with Crippen LogP contribution in [0.4, 0.5) is 0 Å². The normalized spacial score (nSPS) is 9.48. The summed E-state index contributed by atoms with van der Waals surface area (Å²) in [6, 6.07) is 9.91. The zero-order valence-corrected chi connectivity index (χ0v) is 13.5. The molecule has 0 aliphatic carbocycles. The number of ether oxygens (including phenoxy) is 1. The second-order valence-electron chi connectivity index (χ2n) is 4.36. The van der Waals surface area contributed by atoms with Crippen molar-refractivity contribution in [2.45, 2.75) is 13.3 Å². The highest BCUT2D eigenvalue weighted by Crippen LogP contribution is 2.31. The molecule has 0 bridgehead atoms. The molecule has 2 rings (SSSR count). The van der Waals surface area contributed by atoms with Crippen LogP contribution in [0.5, 0.6) is 5.75 Å². The predicted octanol–water partition coefficient (Wildman–Crippen LogP) is 2.78. The molecule has 0 heterocycles. The van der Waals surface area contributed by atoms with E-state index >= 15 is 0 Å². The predicted molar refractivity (Wildman–Crippen MR) is 88.8 cm³/mol. The standard InChI is InChI=1S/C15H16ClNO2.ClH.H2O/c1-10(18)17-7-6-11-4-3-5-12-8-14(16)15(19-2)9-13(11)12;;/h3-5,8-9H,6-7H2,1-2H3,(H,17,18);1H;1H2. The van der Waals surface area contributed by atoms with E-state index in [-0.39, 0.29) is 23.8 Å². The molecule has 0 aliphatic heterocycles. The summed E-state index contributed by atoms with van der Waals surface area (Å²) >= 11 is 6.12. The Bertz CT molecular complexity index is 617. The summed E-state index contributed by atoms with van der Waals surface area (Å²) in [4.78, 5) is 10.9. The molecule has 0 unspecified atom stereocenters. The number of carbonyl (C=O) groups excluding carboxylic acids is 1. The molecule has 4 nitrogen and oxygen atoms in total. The number of benzene rings is 2. The van der Waals surface area contributed by atoms with Gasteiger partial charge in [0.1, 0.15) is 5.75 Å². The van der Waals surface area contributed by atoms with Crippen LogP contribution < -0.4 is 10.1 Å². The zero-order valence-electron chi connectivity index (χ0n) is 11.9. The summed E-state index contributed by atoms with van der Waals surface area (Å²) in [5.74, 6) is 0.655. The smallest absolute Gasteiger partial charge is 0.216 e. The van der Waals surface area contributed by atoms with Crippen molar-refractivity contribution in [2.24, 2.45) is 0 Å². The molecular weight excluding hydrogens is 313 g/mol. The van der Waals surface area contributed by atoms with Crippen LogP contribution in [0.25, 0.3) is 10.8 Å². The lowest BCUT2D eigenvalue weighted by Gasteiger charge is -2.10. The molecule has 2 aromatic carbocycles. The molecule has 0 atom stereocenters. The van der Waals surface area contributed by atoms with Crippen molar-refractivity contribution in [1.29, 1.82) is 0 Å². The lowest BCUT2D eigenvalue weighted by molar-refractivity contribution is -0.118. The van der Waals surface area contributed by atoms with Gasteiger partial charge < -0.3 is 15.5 Å². The van der Waals surface area contributed by atoms with Gasteiger partial charge in [-0.05, 0) is 34.9 Å². The number of rotatable bonds is 4. The average Bonchev–Trinajstić information content (AvgIpc) is 2.37. The quantitative estimate of drug-likeness (QED) is 0.935. The van der Waals surface area contributed by atoms with Crippen molar-refractivity contribution in [2.75, 3.05) is 13.7 Å². The Kier molecular flexibility index (Phi) is 8.10. The number of nitrogens with one attached hydrogen (secondary N) is 1. The first-order valence-corrected chi connectivity index (χ1v) is 6.49. The second kappa shape index (κ2) is 8.72. The van der Waals surface area contributed by atoms with Crippen LogP contribution in [-0.4, -0.2) is 25.0 Å². The summed E-state index contributed by atoms with van der Waals surface area (Å²) in [5, 5.41) is 5.59. The summed E-state index contributed by atoms with van der Waals surface area (Å²) in [6.07, 6.45) is 0.779. The van der Waals surface area contributed by atoms with E-state index in [2.05, 4.69) is 11.4 Å². The van der Waals surface area contributed by atoms with Gasteiger partial charge in [-0.1, -0.05) is 29.8 Å². The molecular formula is C15H19Cl2NO3. The van der Waals surface area contributed by atoms with E-state index in [0.717, 1.165) is 17.2 Å². The van der Waals surface area contributed by atoms with Crippen LogP contribution >= 0.6 is 24.0 Å². The van der Waals surface area contributed by atoms with Gasteiger partial charge in [0.2, 0.25) is 5.91 Å². The monoisotopic (exact) mass is 331 g/mol. The SMILES string of the molecule is COc1cc2c(CCNC(C)=O)cccc2cc1Cl.Cl.O. The Balaban J connectivity index is 0.00000200. The maximum absolute atomic E-state index is 10.9. The molecule has 0 aromatic heterocycles. The van der Waals surface area contributed by atoms with Crippen LogP contribution in [-0.2, 0) is 11.2 Å². The van der Waals surface area contributed by atoms with Gasteiger partial charge in [0.15, 0.2) is 0 Å². The van der Waals surface area contributed by atoms with Crippen LogP contribution in [0.1, 0.15) is 12.5 Å². The van der Waals surface area contributed by atoms with Crippen LogP contribution in [0, 0.1) is 0 Å². The third kappa shape index (κ3) is 4.77. The highest BCUT2D eigenvalue weighted by molar-refractivity contribution is 6.32. The third-order valence-corrected chi connectivity index (χ3v) is 3.31. The molecule has 0 spiro atoms. The summed E-state index contributed by atoms with van der Waals surface area (Å²) in [6.45, 7) is 2.14. The van der Waals surface area contributed by atoms with Crippen LogP contribution in [0.15, 0.2) is 30.3 Å². The maximum Gasteiger partial charge on any atom is 0.216 e. The lowest BCUT2D eigenvalue weighted by Crippen LogP contribution is -2.22. The molecule has 0 aliphatic rings. The number of hydrogen-bond donors (Lipinski definition) is 1. The Morgan fingerprint density at radius 2 is 2.05 bits per heavy atom. The molecule has 6 heteroatoms. The van der Waals surface area contributed by atoms with Gasteiger partial charge in [-0.2, -0.15) is 0 Å². The molecule has 1 amide bonds. The van der Waals surface area contributed by atoms with E-state index < -0.39 is 0 Å². The first-order valence-electron chi connectivity index (χ1n) is 6.11. The number of amides is 1. The van der Waals surface area contributed by atoms with Crippen molar-refractivity contribution in [3.63, 3.8) is 0 Å². The number of hydrogen-bond acceptors (Lipinski definition) is 2. The fraction of sp³-hybridized carbons (Fsp3) is 0.267. The fourth-order valence-corrected chi connectivity index (χ4v) is 2.34. The van der Waals surface area contributed by atoms with Crippen molar-refractivity contribution in [3.8, 4) is 5.75 Å². The fourth-order valence-electron chi connectivity index (χ4n) is 2.09. The van der Waals surface area contributed by atoms with E-state index in [4.69, 9.17) is 16.3 Å². The summed E-state index contributed by atoms with van der Waals surface area (Å²) in [5.41, 5.74) is 1.17. The number of fused-ring (bicyclic) bond motifs is 1. The van der Waals surface area contributed by atoms with Crippen molar-refractivity contribution in [1.82, 2.24) is 5.32 Å². The van der Waals surface area contributed by atoms with E-state index in [0.29, 0.717) is 17.3 Å². The molecule has 2 aromatic rings. The third-order valence-electron chi connectivity index (χ3n) is 3.01. The Morgan fingerprint density at radius 3 is 2.67 bits per heavy atom. The van der Waals surface area contributed by atoms with Crippen molar-refractivity contribution < 1.29 is 15.0 Å². The topological polar surface area (TPSA) is 69.8 Å². The first kappa shape index (κ1) is 19.5. The van der Waals surface area contributed by atoms with Crippen molar-refractivity contribution in [3.05, 3.63) is 40.9 Å². The largest absolute Gasteiger partial charge is 0.495 e. The van der Waals surface area contributed by atoms with Crippen molar-refractivity contribution >= 4 is 40.7 Å². The van der Waals surface area contributed by atoms with Gasteiger partial charge in [0.25, 0.3) is 0 Å². The van der Waals surface area contributed by atoms with Gasteiger partial charge in [-0.3, -0.25) is 4.79 Å². The van der Waals surface area contributed by atoms with Crippen LogP contribution in [0.2, 0.25) is 5.02 Å². The number of halogens is 2. The van der Waals surface area contributed by atoms with Gasteiger partial charge in [-0.25, -0.2) is 0 Å². The van der Waals surface area contributed by atoms with E-state index in [1.165, 1.54) is 12.5 Å². The van der Waals surface area contributed by atoms with E-state index in [9.17, 15) is 4.79 Å². The Labute approximate surface area is 135 Å². The molecule has 0 saturated heterocycles. The first-order chi connectivity index (χ1) is 9.11. The van der Waals surface area contributed by atoms with E-state index in [1.807, 2.05) is 24.3 Å². The highest BCUT2D eigenvalue weighted by Gasteiger charge is 2.07. The number of methoxy groups -OCH3 is 1. The molecule has 0 radical (unpaired) electrons. The minimum atomic E-state index is -0.0131. The van der Waals surface area contributed by atoms with Gasteiger partial charge >= 0.3 is 0 Å². The Morgan fingerprint density at radius 1 is 1.33 bits per heavy atom. The average molecular weight is 332 g/mol. The van der Waals surface area contributed by atoms with Gasteiger partial charge in [-0.15, -0.1) is 12.4 Å². The zero-order chi connectivity index (χ0) is 13.8. The molecule has 0 saturated carbocycles. The van der Waals surface area contributed by atoms with E-state index in [1.54, 1.807) is 7.11 Å². The second-order valence-corrected chi connectivity index (χ2v) is 4.77. The summed E-state index contributed by atoms with van der Waals surface area (Å²) in [7, 11) is 1.60. The molecule has 116 valence electrons. The Hall–Kier alpha value is -1.49. The summed E-state index contributed by atoms with van der Waals surface area (Å²) < 4.78 is 5.25. The lowest BCUT2D eigenvalue weighted by atomic mass is 10.0. The molecule has 0 fully saturated rings. The maximum atomic E-state index is 10.9. The van der Waals surface area contributed by atoms with Gasteiger partial charge in [0, 0.05) is 13.5 Å². The highest BCUT2D eigenvalue weighted by atomic mass is 35.5. The van der Waals surface area contributed by atoms with Gasteiger partial charge in [0.05, 0.1) is 12.1 Å². The minimum absolute atomic E-state index is 0. The minimum Gasteiger partial charge on any atom is -0.495 e. The number of carbonyl (C=O) groups is 1. The van der Waals surface area contributed by atoms with Crippen LogP contribution in [0.3, 0.4) is 0 Å².